The zero-order valence-electron chi connectivity index (χ0n) is 8.80. The molecule has 1 saturated heterocycles. The first-order valence-electron chi connectivity index (χ1n) is 5.17. The van der Waals surface area contributed by atoms with Gasteiger partial charge in [-0.1, -0.05) is 30.3 Å². The van der Waals surface area contributed by atoms with E-state index in [1.165, 1.54) is 0 Å². The van der Waals surface area contributed by atoms with Crippen molar-refractivity contribution in [2.24, 2.45) is 0 Å². The van der Waals surface area contributed by atoms with Crippen LogP contribution in [-0.2, 0) is 21.2 Å². The number of benzene rings is 1. The minimum atomic E-state index is -3.32. The second-order valence-corrected chi connectivity index (χ2v) is 5.78. The lowest BCUT2D eigenvalue weighted by atomic mass is 10.1. The van der Waals surface area contributed by atoms with Crippen LogP contribution in [-0.4, -0.2) is 30.9 Å². The highest BCUT2D eigenvalue weighted by Gasteiger charge is 2.34. The molecule has 0 bridgehead atoms. The predicted molar refractivity (Wildman–Crippen MR) is 60.3 cm³/mol. The van der Waals surface area contributed by atoms with E-state index < -0.39 is 10.0 Å². The molecule has 0 unspecified atom stereocenters. The summed E-state index contributed by atoms with van der Waals surface area (Å²) >= 11 is 0. The fourth-order valence-electron chi connectivity index (χ4n) is 1.75. The van der Waals surface area contributed by atoms with E-state index in [1.807, 2.05) is 30.3 Å². The summed E-state index contributed by atoms with van der Waals surface area (Å²) < 4.78 is 24.0. The predicted octanol–water partition coefficient (Wildman–Crippen LogP) is 0.791. The first-order chi connectivity index (χ1) is 7.59. The molecule has 1 fully saturated rings. The van der Waals surface area contributed by atoms with E-state index in [0.29, 0.717) is 6.42 Å². The normalized spacial score (nSPS) is 19.0. The number of hydrogen-bond acceptors (Lipinski definition) is 3. The zero-order chi connectivity index (χ0) is 11.6. The number of carbonyl (C=O) groups excluding carboxylic acids is 1. The smallest absolute Gasteiger partial charge is 0.237 e. The zero-order valence-corrected chi connectivity index (χ0v) is 9.61. The SMILES string of the molecule is O=C1CCS(=O)(=O)N1CCc1ccccc1. The minimum absolute atomic E-state index is 0.0410. The van der Waals surface area contributed by atoms with Crippen molar-refractivity contribution in [3.8, 4) is 0 Å². The Balaban J connectivity index is 2.03. The molecule has 1 aromatic carbocycles. The van der Waals surface area contributed by atoms with Crippen LogP contribution in [0.3, 0.4) is 0 Å². The fraction of sp³-hybridized carbons (Fsp3) is 0.364. The van der Waals surface area contributed by atoms with Gasteiger partial charge in [0.1, 0.15) is 0 Å². The molecule has 86 valence electrons. The van der Waals surface area contributed by atoms with Crippen LogP contribution >= 0.6 is 0 Å². The highest BCUT2D eigenvalue weighted by atomic mass is 32.2. The molecule has 5 heteroatoms. The van der Waals surface area contributed by atoms with Crippen LogP contribution in [0.2, 0.25) is 0 Å². The lowest BCUT2D eigenvalue weighted by Gasteiger charge is -2.14. The number of amides is 1. The largest absolute Gasteiger partial charge is 0.274 e. The molecule has 1 aromatic rings. The number of sulfonamides is 1. The number of nitrogens with zero attached hydrogens (tertiary/aromatic N) is 1. The van der Waals surface area contributed by atoms with E-state index >= 15 is 0 Å². The summed E-state index contributed by atoms with van der Waals surface area (Å²) in [5, 5.41) is 0. The maximum absolute atomic E-state index is 11.5. The molecule has 0 aliphatic carbocycles. The van der Waals surface area contributed by atoms with Crippen LogP contribution in [0.1, 0.15) is 12.0 Å². The van der Waals surface area contributed by atoms with Gasteiger partial charge in [-0.2, -0.15) is 0 Å². The first kappa shape index (κ1) is 11.1. The quantitative estimate of drug-likeness (QED) is 0.783. The molecule has 16 heavy (non-hydrogen) atoms. The van der Waals surface area contributed by atoms with Crippen molar-refractivity contribution in [3.63, 3.8) is 0 Å². The van der Waals surface area contributed by atoms with Crippen LogP contribution in [0.25, 0.3) is 0 Å². The Morgan fingerprint density at radius 3 is 2.44 bits per heavy atom. The maximum atomic E-state index is 11.5. The Morgan fingerprint density at radius 2 is 1.88 bits per heavy atom. The van der Waals surface area contributed by atoms with Crippen LogP contribution in [0.4, 0.5) is 0 Å². The minimum Gasteiger partial charge on any atom is -0.274 e. The lowest BCUT2D eigenvalue weighted by molar-refractivity contribution is -0.125. The molecule has 1 aliphatic rings. The van der Waals surface area contributed by atoms with Crippen LogP contribution in [0.5, 0.6) is 0 Å². The summed E-state index contributed by atoms with van der Waals surface area (Å²) in [5.74, 6) is -0.323. The van der Waals surface area contributed by atoms with Crippen molar-refractivity contribution in [2.75, 3.05) is 12.3 Å². The van der Waals surface area contributed by atoms with Gasteiger partial charge in [-0.25, -0.2) is 12.7 Å². The molecule has 1 aliphatic heterocycles. The van der Waals surface area contributed by atoms with Gasteiger partial charge < -0.3 is 0 Å². The maximum Gasteiger partial charge on any atom is 0.237 e. The summed E-state index contributed by atoms with van der Waals surface area (Å²) in [6.45, 7) is 0.255. The van der Waals surface area contributed by atoms with Gasteiger partial charge in [0.15, 0.2) is 0 Å². The van der Waals surface area contributed by atoms with Gasteiger partial charge in [-0.05, 0) is 12.0 Å². The molecule has 0 aromatic heterocycles. The fourth-order valence-corrected chi connectivity index (χ4v) is 3.17. The third-order valence-electron chi connectivity index (χ3n) is 2.63. The van der Waals surface area contributed by atoms with Gasteiger partial charge in [0.25, 0.3) is 0 Å². The van der Waals surface area contributed by atoms with E-state index in [9.17, 15) is 13.2 Å². The Morgan fingerprint density at radius 1 is 1.19 bits per heavy atom. The molecule has 0 spiro atoms. The lowest BCUT2D eigenvalue weighted by Crippen LogP contribution is -2.31. The van der Waals surface area contributed by atoms with E-state index in [1.54, 1.807) is 0 Å². The second-order valence-electron chi connectivity index (χ2n) is 3.77. The van der Waals surface area contributed by atoms with Crippen molar-refractivity contribution in [3.05, 3.63) is 35.9 Å². The summed E-state index contributed by atoms with van der Waals surface area (Å²) in [4.78, 5) is 11.4. The molecule has 0 atom stereocenters. The Kier molecular flexibility index (Phi) is 2.96. The van der Waals surface area contributed by atoms with E-state index in [4.69, 9.17) is 0 Å². The second kappa shape index (κ2) is 4.25. The Bertz CT molecular complexity index is 481. The average molecular weight is 239 g/mol. The third kappa shape index (κ3) is 2.24. The van der Waals surface area contributed by atoms with Crippen molar-refractivity contribution >= 4 is 15.9 Å². The van der Waals surface area contributed by atoms with Gasteiger partial charge in [0, 0.05) is 13.0 Å². The van der Waals surface area contributed by atoms with Gasteiger partial charge in [0.05, 0.1) is 5.75 Å². The molecule has 0 radical (unpaired) electrons. The van der Waals surface area contributed by atoms with Gasteiger partial charge >= 0.3 is 0 Å². The molecular formula is C11H13NO3S. The molecular weight excluding hydrogens is 226 g/mol. The highest BCUT2D eigenvalue weighted by molar-refractivity contribution is 7.90. The Labute approximate surface area is 94.9 Å². The molecule has 4 nitrogen and oxygen atoms in total. The molecule has 0 saturated carbocycles. The topological polar surface area (TPSA) is 54.5 Å². The number of rotatable bonds is 3. The van der Waals surface area contributed by atoms with Crippen molar-refractivity contribution < 1.29 is 13.2 Å². The summed E-state index contributed by atoms with van der Waals surface area (Å²) in [6.07, 6.45) is 0.697. The van der Waals surface area contributed by atoms with E-state index in [0.717, 1.165) is 9.87 Å². The van der Waals surface area contributed by atoms with Crippen molar-refractivity contribution in [1.82, 2.24) is 4.31 Å². The summed E-state index contributed by atoms with van der Waals surface area (Å²) in [5.41, 5.74) is 1.04. The first-order valence-corrected chi connectivity index (χ1v) is 6.78. The van der Waals surface area contributed by atoms with Gasteiger partial charge in [-0.3, -0.25) is 4.79 Å². The third-order valence-corrected chi connectivity index (χ3v) is 4.41. The van der Waals surface area contributed by atoms with E-state index in [-0.39, 0.29) is 24.6 Å². The van der Waals surface area contributed by atoms with Crippen LogP contribution in [0.15, 0.2) is 30.3 Å². The summed E-state index contributed by atoms with van der Waals surface area (Å²) in [6, 6.07) is 9.55. The molecule has 2 rings (SSSR count). The van der Waals surface area contributed by atoms with Crippen LogP contribution < -0.4 is 0 Å². The monoisotopic (exact) mass is 239 g/mol. The van der Waals surface area contributed by atoms with Gasteiger partial charge in [-0.15, -0.1) is 0 Å². The van der Waals surface area contributed by atoms with E-state index in [2.05, 4.69) is 0 Å². The standard InChI is InChI=1S/C11H13NO3S/c13-11-7-9-16(14,15)12(11)8-6-10-4-2-1-3-5-10/h1-5H,6-9H2. The number of carbonyl (C=O) groups is 1. The molecule has 1 heterocycles. The summed E-state index contributed by atoms with van der Waals surface area (Å²) in [7, 11) is -3.32. The molecule has 0 N–H and O–H groups in total. The number of hydrogen-bond donors (Lipinski definition) is 0. The van der Waals surface area contributed by atoms with Crippen LogP contribution in [0, 0.1) is 0 Å². The Hall–Kier alpha value is -1.36. The molecule has 1 amide bonds. The highest BCUT2D eigenvalue weighted by Crippen LogP contribution is 2.15. The average Bonchev–Trinajstić information content (AvgIpc) is 2.52. The van der Waals surface area contributed by atoms with Crippen molar-refractivity contribution in [2.45, 2.75) is 12.8 Å². The van der Waals surface area contributed by atoms with Gasteiger partial charge in [0.2, 0.25) is 15.9 Å². The van der Waals surface area contributed by atoms with Crippen molar-refractivity contribution in [1.29, 1.82) is 0 Å².